The van der Waals surface area contributed by atoms with Gasteiger partial charge in [-0.1, -0.05) is 101 Å². The highest BCUT2D eigenvalue weighted by atomic mass is 32.2. The Morgan fingerprint density at radius 2 is 1.47 bits per heavy atom. The number of esters is 1. The minimum Gasteiger partial charge on any atom is -0.448 e. The van der Waals surface area contributed by atoms with E-state index in [1.54, 1.807) is 94.3 Å². The zero-order valence-corrected chi connectivity index (χ0v) is 39.6. The molecule has 3 atom stereocenters. The van der Waals surface area contributed by atoms with E-state index in [2.05, 4.69) is 16.0 Å². The summed E-state index contributed by atoms with van der Waals surface area (Å²) in [6.07, 6.45) is 2.19. The van der Waals surface area contributed by atoms with Gasteiger partial charge in [0.2, 0.25) is 30.4 Å². The molecule has 0 aliphatic carbocycles. The Hall–Kier alpha value is -7.19. The molecule has 1 aromatic heterocycles. The van der Waals surface area contributed by atoms with Crippen LogP contribution in [0.3, 0.4) is 0 Å². The molecule has 4 aromatic rings. The van der Waals surface area contributed by atoms with E-state index in [-0.39, 0.29) is 48.8 Å². The highest BCUT2D eigenvalue weighted by molar-refractivity contribution is 8.01. The Morgan fingerprint density at radius 3 is 2.03 bits per heavy atom. The second-order valence-electron chi connectivity index (χ2n) is 16.8. The molecular weight excluding hydrogens is 913 g/mol. The van der Waals surface area contributed by atoms with Crippen LogP contribution in [0.2, 0.25) is 0 Å². The second-order valence-corrected chi connectivity index (χ2v) is 18.9. The lowest BCUT2D eigenvalue weighted by Crippen LogP contribution is -2.85. The molecule has 18 nitrogen and oxygen atoms in total. The van der Waals surface area contributed by atoms with Gasteiger partial charge in [0.25, 0.3) is 5.91 Å². The first-order valence-electron chi connectivity index (χ1n) is 21.7. The molecule has 0 spiro atoms. The number of rotatable bonds is 15. The summed E-state index contributed by atoms with van der Waals surface area (Å²) in [6.45, 7) is 7.28. The second kappa shape index (κ2) is 20.8. The molecule has 4 heterocycles. The summed E-state index contributed by atoms with van der Waals surface area (Å²) in [7, 11) is 1.57. The van der Waals surface area contributed by atoms with Crippen LogP contribution in [0.5, 0.6) is 0 Å². The number of thioether (sulfide) groups is 2. The standard InChI is InChI=1S/C48H50N8O10S2/c1-6-53-26-27-55(41(60)40(53)59)45(63)50-36(31-16-10-7-11-17-31)39(58)51-48(49-30-57)43(62)56-37(42(61)65-38(32-18-12-8-13-19-32)33-20-14-9-15-21-33)34(29-68-44(48)56)28-67-35-22-24-54(25-23-35)52(5)46(64)66-47(2,3)4/h7-25,30,36,38,44H,6,26-29H2,1-5H3,(H2-,49,50,51,57,58,63)/p+1/t36-,44-,48-/m1/s1. The summed E-state index contributed by atoms with van der Waals surface area (Å²) in [5.74, 6) is -4.19. The Kier molecular flexibility index (Phi) is 14.9. The van der Waals surface area contributed by atoms with Gasteiger partial charge in [0, 0.05) is 48.2 Å². The number of hydrogen-bond acceptors (Lipinski definition) is 12. The van der Waals surface area contributed by atoms with Crippen molar-refractivity contribution in [2.45, 2.75) is 61.4 Å². The monoisotopic (exact) mass is 963 g/mol. The Labute approximate surface area is 401 Å². The van der Waals surface area contributed by atoms with Crippen LogP contribution in [0.1, 0.15) is 56.5 Å². The van der Waals surface area contributed by atoms with Gasteiger partial charge in [-0.05, 0) is 50.0 Å². The molecule has 3 aliphatic rings. The fourth-order valence-electron chi connectivity index (χ4n) is 7.72. The number of ether oxygens (including phenoxy) is 2. The lowest BCUT2D eigenvalue weighted by Gasteiger charge is -2.57. The molecule has 0 bridgehead atoms. The topological polar surface area (TPSA) is 208 Å². The number of imide groups is 1. The number of β-lactam (4-membered cyclic amide) rings is 1. The maximum absolute atomic E-state index is 14.8. The lowest BCUT2D eigenvalue weighted by molar-refractivity contribution is -0.681. The molecular formula is C48H51N8O10S2+. The summed E-state index contributed by atoms with van der Waals surface area (Å²) in [4.78, 5) is 113. The normalized spacial score (nSPS) is 18.5. The number of likely N-dealkylation sites (N-methyl/N-ethyl adjacent to an activating group) is 1. The van der Waals surface area contributed by atoms with Crippen LogP contribution >= 0.6 is 23.5 Å². The average molecular weight is 964 g/mol. The summed E-state index contributed by atoms with van der Waals surface area (Å²) in [5, 5.41) is 7.97. The molecule has 20 heteroatoms. The van der Waals surface area contributed by atoms with Crippen LogP contribution in [-0.4, -0.2) is 118 Å². The van der Waals surface area contributed by atoms with Gasteiger partial charge >= 0.3 is 29.9 Å². The SMILES string of the molecule is CCN1CCN(C(=O)N[C@@H](C(=O)N[C@]2(NC=O)C(=O)N3C(C(=O)OC(c4ccccc4)c4ccccc4)=C(CSc4cc[n+](N(C)C(=O)OC(C)(C)C)cc4)CS[C@@H]32)c2ccccc2)C(=O)C1=O. The van der Waals surface area contributed by atoms with Crippen LogP contribution in [0.25, 0.3) is 0 Å². The fourth-order valence-corrected chi connectivity index (χ4v) is 10.2. The first kappa shape index (κ1) is 48.7. The van der Waals surface area contributed by atoms with E-state index < -0.39 is 70.5 Å². The van der Waals surface area contributed by atoms with Crippen molar-refractivity contribution in [3.8, 4) is 0 Å². The van der Waals surface area contributed by atoms with Crippen molar-refractivity contribution in [1.29, 1.82) is 0 Å². The van der Waals surface area contributed by atoms with Crippen molar-refractivity contribution in [3.63, 3.8) is 0 Å². The number of amides is 8. The summed E-state index contributed by atoms with van der Waals surface area (Å²) >= 11 is 2.56. The molecule has 0 radical (unpaired) electrons. The Balaban J connectivity index is 1.19. The van der Waals surface area contributed by atoms with E-state index in [0.29, 0.717) is 16.7 Å². The molecule has 3 aromatic carbocycles. The molecule has 68 heavy (non-hydrogen) atoms. The summed E-state index contributed by atoms with van der Waals surface area (Å²) < 4.78 is 13.4. The van der Waals surface area contributed by atoms with Gasteiger partial charge in [-0.25, -0.2) is 14.4 Å². The van der Waals surface area contributed by atoms with Crippen molar-refractivity contribution in [3.05, 3.63) is 143 Å². The number of carbonyl (C=O) groups is 8. The van der Waals surface area contributed by atoms with Gasteiger partial charge in [-0.15, -0.1) is 23.5 Å². The number of hydrogen-bond donors (Lipinski definition) is 3. The number of benzene rings is 3. The fraction of sp³-hybridized carbons (Fsp3) is 0.312. The van der Waals surface area contributed by atoms with Crippen molar-refractivity contribution < 1.29 is 52.5 Å². The number of urea groups is 1. The van der Waals surface area contributed by atoms with Crippen LogP contribution < -0.4 is 25.6 Å². The molecule has 354 valence electrons. The summed E-state index contributed by atoms with van der Waals surface area (Å²) in [6, 6.07) is 27.3. The first-order valence-corrected chi connectivity index (χ1v) is 23.7. The number of piperazine rings is 1. The number of nitrogens with zero attached hydrogens (tertiary/aromatic N) is 5. The third kappa shape index (κ3) is 10.3. The number of fused-ring (bicyclic) bond motifs is 1. The van der Waals surface area contributed by atoms with Crippen LogP contribution in [0.15, 0.2) is 132 Å². The lowest BCUT2D eigenvalue weighted by atomic mass is 9.94. The van der Waals surface area contributed by atoms with E-state index >= 15 is 0 Å². The van der Waals surface area contributed by atoms with Gasteiger partial charge < -0.3 is 30.3 Å². The number of carbonyl (C=O) groups excluding carboxylic acids is 8. The Morgan fingerprint density at radius 1 is 0.882 bits per heavy atom. The van der Waals surface area contributed by atoms with Crippen molar-refractivity contribution >= 4 is 71.7 Å². The number of aromatic nitrogens is 1. The van der Waals surface area contributed by atoms with E-state index in [4.69, 9.17) is 9.47 Å². The highest BCUT2D eigenvalue weighted by Crippen LogP contribution is 2.47. The average Bonchev–Trinajstić information content (AvgIpc) is 3.34. The van der Waals surface area contributed by atoms with Gasteiger partial charge in [0.05, 0.1) is 7.05 Å². The van der Waals surface area contributed by atoms with Gasteiger partial charge in [0.15, 0.2) is 6.10 Å². The zero-order valence-electron chi connectivity index (χ0n) is 37.9. The minimum absolute atomic E-state index is 0.0707. The molecule has 7 rings (SSSR count). The predicted molar refractivity (Wildman–Crippen MR) is 250 cm³/mol. The number of nitrogens with one attached hydrogen (secondary N) is 3. The van der Waals surface area contributed by atoms with Crippen LogP contribution in [0.4, 0.5) is 9.59 Å². The van der Waals surface area contributed by atoms with E-state index in [0.717, 1.165) is 9.80 Å². The summed E-state index contributed by atoms with van der Waals surface area (Å²) in [5.41, 5.74) is -0.742. The Bertz CT molecular complexity index is 2560. The van der Waals surface area contributed by atoms with Crippen LogP contribution in [-0.2, 0) is 38.2 Å². The first-order chi connectivity index (χ1) is 32.6. The van der Waals surface area contributed by atoms with Crippen LogP contribution in [0, 0.1) is 0 Å². The molecule has 3 N–H and O–H groups in total. The third-order valence-electron chi connectivity index (χ3n) is 11.2. The molecule has 8 amide bonds. The van der Waals surface area contributed by atoms with Gasteiger partial charge in [-0.3, -0.25) is 33.8 Å². The highest BCUT2D eigenvalue weighted by Gasteiger charge is 2.66. The van der Waals surface area contributed by atoms with Gasteiger partial charge in [-0.2, -0.15) is 0 Å². The van der Waals surface area contributed by atoms with Gasteiger partial charge in [0.1, 0.15) is 22.7 Å². The minimum atomic E-state index is -2.12. The van der Waals surface area contributed by atoms with E-state index in [9.17, 15) is 38.4 Å². The molecule has 0 unspecified atom stereocenters. The third-order valence-corrected chi connectivity index (χ3v) is 13.7. The zero-order chi connectivity index (χ0) is 48.8. The maximum Gasteiger partial charge on any atom is 0.463 e. The molecule has 2 fully saturated rings. The molecule has 3 aliphatic heterocycles. The molecule has 2 saturated heterocycles. The largest absolute Gasteiger partial charge is 0.463 e. The van der Waals surface area contributed by atoms with Crippen molar-refractivity contribution in [1.82, 2.24) is 30.7 Å². The quantitative estimate of drug-likeness (QED) is 0.0296. The molecule has 0 saturated carbocycles. The van der Waals surface area contributed by atoms with Crippen molar-refractivity contribution in [2.75, 3.05) is 43.2 Å². The predicted octanol–water partition coefficient (Wildman–Crippen LogP) is 3.77. The van der Waals surface area contributed by atoms with E-state index in [1.165, 1.54) is 38.3 Å². The smallest absolute Gasteiger partial charge is 0.448 e. The van der Waals surface area contributed by atoms with E-state index in [1.807, 2.05) is 60.7 Å². The van der Waals surface area contributed by atoms with Crippen molar-refractivity contribution in [2.24, 2.45) is 0 Å². The maximum atomic E-state index is 14.8. The number of pyridine rings is 1.